The number of aromatic nitrogens is 3. The van der Waals surface area contributed by atoms with Crippen LogP contribution in [0.15, 0.2) is 57.7 Å². The second-order valence-electron chi connectivity index (χ2n) is 6.50. The summed E-state index contributed by atoms with van der Waals surface area (Å²) in [5.41, 5.74) is 1.37. The molecule has 2 heterocycles. The van der Waals surface area contributed by atoms with E-state index in [4.69, 9.17) is 11.6 Å². The van der Waals surface area contributed by atoms with Gasteiger partial charge in [-0.2, -0.15) is 0 Å². The lowest BCUT2D eigenvalue weighted by Gasteiger charge is -2.04. The molecule has 0 aliphatic rings. The Kier molecular flexibility index (Phi) is 7.20. The molecule has 2 N–H and O–H groups in total. The van der Waals surface area contributed by atoms with Crippen molar-refractivity contribution in [2.24, 2.45) is 0 Å². The fourth-order valence-corrected chi connectivity index (χ4v) is 5.66. The summed E-state index contributed by atoms with van der Waals surface area (Å²) >= 11 is 9.60. The Morgan fingerprint density at radius 1 is 1.03 bits per heavy atom. The zero-order valence-corrected chi connectivity index (χ0v) is 19.6. The van der Waals surface area contributed by atoms with Gasteiger partial charge in [0.1, 0.15) is 6.54 Å². The number of thiazole rings is 1. The van der Waals surface area contributed by atoms with Gasteiger partial charge >= 0.3 is 4.87 Å². The minimum atomic E-state index is -0.357. The second-order valence-corrected chi connectivity index (χ2v) is 10.2. The molecular formula is C20H16ClN5O3S3. The fraction of sp³-hybridized carbons (Fsp3) is 0.150. The van der Waals surface area contributed by atoms with Crippen molar-refractivity contribution in [1.82, 2.24) is 14.8 Å². The topological polar surface area (TPSA) is 106 Å². The molecule has 164 valence electrons. The Balaban J connectivity index is 1.26. The number of carbonyl (C=O) groups is 2. The Morgan fingerprint density at radius 3 is 2.72 bits per heavy atom. The lowest BCUT2D eigenvalue weighted by molar-refractivity contribution is -0.117. The number of benzene rings is 2. The summed E-state index contributed by atoms with van der Waals surface area (Å²) in [5.74, 6) is 0.0149. The highest BCUT2D eigenvalue weighted by molar-refractivity contribution is 8.01. The summed E-state index contributed by atoms with van der Waals surface area (Å²) in [7, 11) is 0. The van der Waals surface area contributed by atoms with Gasteiger partial charge in [0.25, 0.3) is 0 Å². The number of thioether (sulfide) groups is 1. The number of halogens is 1. The van der Waals surface area contributed by atoms with Gasteiger partial charge in [-0.3, -0.25) is 24.3 Å². The molecule has 2 aromatic heterocycles. The molecule has 0 saturated heterocycles. The number of amides is 2. The largest absolute Gasteiger partial charge is 0.326 e. The van der Waals surface area contributed by atoms with Crippen LogP contribution in [0.1, 0.15) is 6.42 Å². The standard InChI is InChI=1S/C20H16ClN5O3S3/c21-12-4-3-5-13(10-12)22-16(27)8-9-30-19-25-24-18(32-19)23-17(28)11-26-14-6-1-2-7-15(14)31-20(26)29/h1-7,10H,8-9,11H2,(H,22,27)(H,23,24,28). The lowest BCUT2D eigenvalue weighted by Crippen LogP contribution is -2.24. The van der Waals surface area contributed by atoms with Crippen molar-refractivity contribution in [2.45, 2.75) is 17.3 Å². The molecule has 32 heavy (non-hydrogen) atoms. The van der Waals surface area contributed by atoms with Crippen LogP contribution in [0.2, 0.25) is 5.02 Å². The quantitative estimate of drug-likeness (QED) is 0.273. The number of anilines is 2. The Bertz CT molecular complexity index is 1330. The van der Waals surface area contributed by atoms with E-state index in [1.165, 1.54) is 27.7 Å². The van der Waals surface area contributed by atoms with Crippen molar-refractivity contribution in [3.63, 3.8) is 0 Å². The van der Waals surface area contributed by atoms with E-state index >= 15 is 0 Å². The van der Waals surface area contributed by atoms with Gasteiger partial charge in [0, 0.05) is 22.9 Å². The first-order chi connectivity index (χ1) is 15.5. The lowest BCUT2D eigenvalue weighted by atomic mass is 10.3. The predicted molar refractivity (Wildman–Crippen MR) is 130 cm³/mol. The number of hydrogen-bond donors (Lipinski definition) is 2. The summed E-state index contributed by atoms with van der Waals surface area (Å²) < 4.78 is 2.90. The molecule has 0 unspecified atom stereocenters. The molecule has 0 bridgehead atoms. The van der Waals surface area contributed by atoms with Gasteiger partial charge in [-0.1, -0.05) is 64.2 Å². The van der Waals surface area contributed by atoms with Gasteiger partial charge in [-0.25, -0.2) is 0 Å². The SMILES string of the molecule is O=C(CCSc1nnc(NC(=O)Cn2c(=O)sc3ccccc32)s1)Nc1cccc(Cl)c1. The van der Waals surface area contributed by atoms with Crippen molar-refractivity contribution in [3.05, 3.63) is 63.2 Å². The molecule has 4 aromatic rings. The minimum absolute atomic E-state index is 0.103. The number of carbonyl (C=O) groups excluding carboxylic acids is 2. The third kappa shape index (κ3) is 5.74. The first-order valence-electron chi connectivity index (χ1n) is 9.38. The maximum atomic E-state index is 12.4. The maximum Gasteiger partial charge on any atom is 0.308 e. The highest BCUT2D eigenvalue weighted by Crippen LogP contribution is 2.26. The predicted octanol–water partition coefficient (Wildman–Crippen LogP) is 4.33. The highest BCUT2D eigenvalue weighted by atomic mass is 35.5. The van der Waals surface area contributed by atoms with Crippen LogP contribution < -0.4 is 15.5 Å². The molecule has 0 atom stereocenters. The van der Waals surface area contributed by atoms with E-state index in [1.807, 2.05) is 24.3 Å². The Hall–Kier alpha value is -2.73. The Morgan fingerprint density at radius 2 is 1.88 bits per heavy atom. The molecule has 0 radical (unpaired) electrons. The zero-order valence-electron chi connectivity index (χ0n) is 16.4. The van der Waals surface area contributed by atoms with E-state index < -0.39 is 0 Å². The van der Waals surface area contributed by atoms with E-state index in [0.717, 1.165) is 21.6 Å². The average molecular weight is 506 g/mol. The normalized spacial score (nSPS) is 10.9. The monoisotopic (exact) mass is 505 g/mol. The number of nitrogens with one attached hydrogen (secondary N) is 2. The third-order valence-electron chi connectivity index (χ3n) is 4.19. The van der Waals surface area contributed by atoms with Crippen molar-refractivity contribution < 1.29 is 9.59 Å². The molecule has 0 aliphatic carbocycles. The zero-order chi connectivity index (χ0) is 22.5. The summed E-state index contributed by atoms with van der Waals surface area (Å²) in [6.45, 7) is -0.103. The molecule has 2 amide bonds. The van der Waals surface area contributed by atoms with Crippen molar-refractivity contribution in [3.8, 4) is 0 Å². The van der Waals surface area contributed by atoms with Crippen molar-refractivity contribution in [2.75, 3.05) is 16.4 Å². The number of rotatable bonds is 8. The fourth-order valence-electron chi connectivity index (χ4n) is 2.81. The minimum Gasteiger partial charge on any atom is -0.326 e. The number of para-hydroxylation sites is 1. The second kappa shape index (κ2) is 10.3. The summed E-state index contributed by atoms with van der Waals surface area (Å²) in [4.78, 5) is 36.4. The van der Waals surface area contributed by atoms with Gasteiger partial charge in [0.2, 0.25) is 16.9 Å². The van der Waals surface area contributed by atoms with Crippen LogP contribution in [0.5, 0.6) is 0 Å². The smallest absolute Gasteiger partial charge is 0.308 e. The molecule has 0 spiro atoms. The van der Waals surface area contributed by atoms with Crippen LogP contribution in [0.4, 0.5) is 10.8 Å². The average Bonchev–Trinajstić information content (AvgIpc) is 3.32. The third-order valence-corrected chi connectivity index (χ3v) is 7.36. The van der Waals surface area contributed by atoms with Crippen LogP contribution in [-0.2, 0) is 16.1 Å². The summed E-state index contributed by atoms with van der Waals surface area (Å²) in [5, 5.41) is 14.3. The number of nitrogens with zero attached hydrogens (tertiary/aromatic N) is 3. The van der Waals surface area contributed by atoms with E-state index in [0.29, 0.717) is 25.9 Å². The molecule has 0 saturated carbocycles. The molecular weight excluding hydrogens is 490 g/mol. The van der Waals surface area contributed by atoms with Crippen LogP contribution >= 0.6 is 46.0 Å². The maximum absolute atomic E-state index is 12.4. The van der Waals surface area contributed by atoms with Gasteiger partial charge in [-0.15, -0.1) is 10.2 Å². The van der Waals surface area contributed by atoms with Gasteiger partial charge in [0.05, 0.1) is 10.2 Å². The van der Waals surface area contributed by atoms with E-state index in [-0.39, 0.29) is 29.7 Å². The molecule has 12 heteroatoms. The van der Waals surface area contributed by atoms with Crippen molar-refractivity contribution >= 4 is 78.9 Å². The van der Waals surface area contributed by atoms with Crippen LogP contribution in [0, 0.1) is 0 Å². The van der Waals surface area contributed by atoms with Gasteiger partial charge < -0.3 is 5.32 Å². The molecule has 4 rings (SSSR count). The van der Waals surface area contributed by atoms with E-state index in [2.05, 4.69) is 20.8 Å². The van der Waals surface area contributed by atoms with Gasteiger partial charge in [-0.05, 0) is 30.3 Å². The van der Waals surface area contributed by atoms with E-state index in [1.54, 1.807) is 24.3 Å². The Labute approximate surface area is 199 Å². The van der Waals surface area contributed by atoms with Crippen molar-refractivity contribution in [1.29, 1.82) is 0 Å². The number of hydrogen-bond acceptors (Lipinski definition) is 8. The number of fused-ring (bicyclic) bond motifs is 1. The van der Waals surface area contributed by atoms with E-state index in [9.17, 15) is 14.4 Å². The summed E-state index contributed by atoms with van der Waals surface area (Å²) in [6.07, 6.45) is 0.284. The molecule has 0 fully saturated rings. The van der Waals surface area contributed by atoms with Crippen LogP contribution in [-0.4, -0.2) is 32.3 Å². The molecule has 2 aromatic carbocycles. The van der Waals surface area contributed by atoms with Gasteiger partial charge in [0.15, 0.2) is 4.34 Å². The highest BCUT2D eigenvalue weighted by Gasteiger charge is 2.13. The van der Waals surface area contributed by atoms with Crippen LogP contribution in [0.25, 0.3) is 10.2 Å². The summed E-state index contributed by atoms with van der Waals surface area (Å²) in [6, 6.07) is 14.3. The van der Waals surface area contributed by atoms with Crippen LogP contribution in [0.3, 0.4) is 0 Å². The first kappa shape index (κ1) is 22.5. The molecule has 8 nitrogen and oxygen atoms in total. The first-order valence-corrected chi connectivity index (χ1v) is 12.4. The molecule has 0 aliphatic heterocycles.